The van der Waals surface area contributed by atoms with Crippen LogP contribution in [0.4, 0.5) is 4.39 Å². The van der Waals surface area contributed by atoms with E-state index in [2.05, 4.69) is 4.98 Å². The van der Waals surface area contributed by atoms with Gasteiger partial charge in [0.1, 0.15) is 6.29 Å². The zero-order valence-corrected chi connectivity index (χ0v) is 7.46. The molecular formula is C9H7ClFNO. The molecule has 0 aliphatic heterocycles. The summed E-state index contributed by atoms with van der Waals surface area (Å²) in [6.07, 6.45) is 5.74. The van der Waals surface area contributed by atoms with Crippen LogP contribution in [0.2, 0.25) is 5.15 Å². The molecule has 2 nitrogen and oxygen atoms in total. The number of aromatic nitrogens is 1. The van der Waals surface area contributed by atoms with Crippen LogP contribution in [0.5, 0.6) is 0 Å². The summed E-state index contributed by atoms with van der Waals surface area (Å²) in [7, 11) is 0. The highest BCUT2D eigenvalue weighted by atomic mass is 35.5. The van der Waals surface area contributed by atoms with Gasteiger partial charge in [0.15, 0.2) is 11.0 Å². The molecule has 68 valence electrons. The van der Waals surface area contributed by atoms with E-state index in [1.54, 1.807) is 12.2 Å². The molecule has 0 aliphatic carbocycles. The van der Waals surface area contributed by atoms with Crippen molar-refractivity contribution in [3.63, 3.8) is 0 Å². The lowest BCUT2D eigenvalue weighted by Gasteiger charge is -1.94. The van der Waals surface area contributed by atoms with Gasteiger partial charge in [-0.3, -0.25) is 0 Å². The van der Waals surface area contributed by atoms with Crippen molar-refractivity contribution in [3.8, 4) is 0 Å². The van der Waals surface area contributed by atoms with Crippen LogP contribution >= 0.6 is 11.6 Å². The number of allylic oxidation sites excluding steroid dienone is 1. The minimum Gasteiger partial charge on any atom is -0.303 e. The molecule has 0 saturated carbocycles. The number of hydrogen-bond acceptors (Lipinski definition) is 2. The summed E-state index contributed by atoms with van der Waals surface area (Å²) in [6.45, 7) is 0. The molecule has 0 unspecified atom stereocenters. The molecule has 1 heterocycles. The van der Waals surface area contributed by atoms with Crippen LogP contribution in [-0.2, 0) is 4.79 Å². The van der Waals surface area contributed by atoms with Gasteiger partial charge >= 0.3 is 0 Å². The Morgan fingerprint density at radius 1 is 1.62 bits per heavy atom. The predicted molar refractivity (Wildman–Crippen MR) is 48.9 cm³/mol. The Balaban J connectivity index is 2.79. The molecule has 0 fully saturated rings. The smallest absolute Gasteiger partial charge is 0.164 e. The van der Waals surface area contributed by atoms with Crippen molar-refractivity contribution < 1.29 is 9.18 Å². The number of hydrogen-bond donors (Lipinski definition) is 0. The molecule has 0 aliphatic rings. The van der Waals surface area contributed by atoms with E-state index in [-0.39, 0.29) is 5.15 Å². The number of aldehydes is 1. The van der Waals surface area contributed by atoms with Crippen LogP contribution in [0.25, 0.3) is 6.08 Å². The van der Waals surface area contributed by atoms with Crippen molar-refractivity contribution in [2.24, 2.45) is 0 Å². The standard InChI is InChI=1S/C9H7ClFNO/c10-9-8(11)5-7(6-12-9)3-1-2-4-13/h1,3-6H,2H2. The second-order valence-electron chi connectivity index (χ2n) is 2.35. The first kappa shape index (κ1) is 9.86. The molecular weight excluding hydrogens is 193 g/mol. The molecule has 0 bridgehead atoms. The van der Waals surface area contributed by atoms with E-state index in [0.29, 0.717) is 12.0 Å². The molecule has 0 radical (unpaired) electrons. The Kier molecular flexibility index (Phi) is 3.58. The molecule has 1 rings (SSSR count). The van der Waals surface area contributed by atoms with E-state index >= 15 is 0 Å². The van der Waals surface area contributed by atoms with Gasteiger partial charge in [0, 0.05) is 12.6 Å². The lowest BCUT2D eigenvalue weighted by molar-refractivity contribution is -0.107. The fraction of sp³-hybridized carbons (Fsp3) is 0.111. The van der Waals surface area contributed by atoms with Gasteiger partial charge in [-0.15, -0.1) is 0 Å². The third kappa shape index (κ3) is 2.95. The van der Waals surface area contributed by atoms with Gasteiger partial charge in [0.2, 0.25) is 0 Å². The lowest BCUT2D eigenvalue weighted by Crippen LogP contribution is -1.83. The number of rotatable bonds is 3. The van der Waals surface area contributed by atoms with Gasteiger partial charge < -0.3 is 4.79 Å². The number of halogens is 2. The van der Waals surface area contributed by atoms with E-state index in [9.17, 15) is 9.18 Å². The van der Waals surface area contributed by atoms with Gasteiger partial charge in [0.05, 0.1) is 0 Å². The largest absolute Gasteiger partial charge is 0.303 e. The Labute approximate surface area is 80.1 Å². The maximum absolute atomic E-state index is 12.8. The third-order valence-corrected chi connectivity index (χ3v) is 1.64. The maximum Gasteiger partial charge on any atom is 0.164 e. The zero-order chi connectivity index (χ0) is 9.68. The molecule has 13 heavy (non-hydrogen) atoms. The van der Waals surface area contributed by atoms with Gasteiger partial charge in [-0.05, 0) is 11.6 Å². The van der Waals surface area contributed by atoms with E-state index in [4.69, 9.17) is 11.6 Å². The summed E-state index contributed by atoms with van der Waals surface area (Å²) in [5.41, 5.74) is 0.587. The molecule has 0 atom stereocenters. The quantitative estimate of drug-likeness (QED) is 0.553. The SMILES string of the molecule is O=CCC=Cc1cnc(Cl)c(F)c1. The molecule has 0 amide bonds. The lowest BCUT2D eigenvalue weighted by atomic mass is 10.2. The first-order valence-corrected chi connectivity index (χ1v) is 4.03. The van der Waals surface area contributed by atoms with Gasteiger partial charge in [-0.1, -0.05) is 23.8 Å². The maximum atomic E-state index is 12.8. The summed E-state index contributed by atoms with van der Waals surface area (Å²) in [5, 5.41) is -0.146. The molecule has 4 heteroatoms. The Morgan fingerprint density at radius 2 is 2.38 bits per heavy atom. The van der Waals surface area contributed by atoms with E-state index < -0.39 is 5.82 Å². The first-order valence-electron chi connectivity index (χ1n) is 3.65. The topological polar surface area (TPSA) is 30.0 Å². The normalized spacial score (nSPS) is 10.6. The highest BCUT2D eigenvalue weighted by molar-refractivity contribution is 6.29. The average Bonchev–Trinajstić information content (AvgIpc) is 2.12. The number of pyridine rings is 1. The molecule has 1 aromatic heterocycles. The van der Waals surface area contributed by atoms with Gasteiger partial charge in [-0.2, -0.15) is 0 Å². The summed E-state index contributed by atoms with van der Waals surface area (Å²) >= 11 is 5.38. The average molecular weight is 200 g/mol. The molecule has 0 aromatic carbocycles. The van der Waals surface area contributed by atoms with Crippen LogP contribution in [0, 0.1) is 5.82 Å². The second kappa shape index (κ2) is 4.72. The predicted octanol–water partition coefficient (Wildman–Crippen LogP) is 2.48. The highest BCUT2D eigenvalue weighted by Crippen LogP contribution is 2.12. The fourth-order valence-electron chi connectivity index (χ4n) is 0.787. The summed E-state index contributed by atoms with van der Waals surface area (Å²) in [4.78, 5) is 13.6. The summed E-state index contributed by atoms with van der Waals surface area (Å²) < 4.78 is 12.8. The van der Waals surface area contributed by atoms with Gasteiger partial charge in [-0.25, -0.2) is 9.37 Å². The molecule has 0 spiro atoms. The van der Waals surface area contributed by atoms with Gasteiger partial charge in [0.25, 0.3) is 0 Å². The van der Waals surface area contributed by atoms with Crippen molar-refractivity contribution in [2.45, 2.75) is 6.42 Å². The van der Waals surface area contributed by atoms with E-state index in [1.165, 1.54) is 12.3 Å². The monoisotopic (exact) mass is 199 g/mol. The first-order chi connectivity index (χ1) is 6.24. The van der Waals surface area contributed by atoms with Crippen molar-refractivity contribution in [2.75, 3.05) is 0 Å². The zero-order valence-electron chi connectivity index (χ0n) is 6.71. The number of nitrogens with zero attached hydrogens (tertiary/aromatic N) is 1. The Bertz CT molecular complexity index is 338. The fourth-order valence-corrected chi connectivity index (χ4v) is 0.890. The third-order valence-electron chi connectivity index (χ3n) is 1.36. The minimum atomic E-state index is -0.560. The van der Waals surface area contributed by atoms with Crippen LogP contribution in [0.1, 0.15) is 12.0 Å². The van der Waals surface area contributed by atoms with Crippen molar-refractivity contribution in [3.05, 3.63) is 34.9 Å². The Morgan fingerprint density at radius 3 is 3.00 bits per heavy atom. The highest BCUT2D eigenvalue weighted by Gasteiger charge is 1.99. The van der Waals surface area contributed by atoms with Crippen LogP contribution < -0.4 is 0 Å². The molecule has 0 N–H and O–H groups in total. The van der Waals surface area contributed by atoms with Crippen molar-refractivity contribution >= 4 is 24.0 Å². The number of carbonyl (C=O) groups excluding carboxylic acids is 1. The molecule has 1 aromatic rings. The second-order valence-corrected chi connectivity index (χ2v) is 2.70. The van der Waals surface area contributed by atoms with E-state index in [1.807, 2.05) is 0 Å². The minimum absolute atomic E-state index is 0.146. The van der Waals surface area contributed by atoms with Crippen LogP contribution in [-0.4, -0.2) is 11.3 Å². The van der Waals surface area contributed by atoms with Crippen molar-refractivity contribution in [1.82, 2.24) is 4.98 Å². The molecule has 0 saturated heterocycles. The number of carbonyl (C=O) groups is 1. The van der Waals surface area contributed by atoms with Crippen molar-refractivity contribution in [1.29, 1.82) is 0 Å². The summed E-state index contributed by atoms with van der Waals surface area (Å²) in [5.74, 6) is -0.560. The van der Waals surface area contributed by atoms with Crippen LogP contribution in [0.3, 0.4) is 0 Å². The summed E-state index contributed by atoms with van der Waals surface area (Å²) in [6, 6.07) is 1.26. The Hall–Kier alpha value is -1.22. The van der Waals surface area contributed by atoms with Crippen LogP contribution in [0.15, 0.2) is 18.3 Å². The van der Waals surface area contributed by atoms with E-state index in [0.717, 1.165) is 6.29 Å².